The number of halogens is 3. The van der Waals surface area contributed by atoms with Gasteiger partial charge in [0.05, 0.1) is 23.7 Å². The molecule has 6 nitrogen and oxygen atoms in total. The van der Waals surface area contributed by atoms with Crippen LogP contribution in [-0.4, -0.2) is 35.2 Å². The van der Waals surface area contributed by atoms with Crippen LogP contribution in [0.15, 0.2) is 59.0 Å². The minimum atomic E-state index is -4.26. The number of para-hydroxylation sites is 1. The summed E-state index contributed by atoms with van der Waals surface area (Å²) in [5.41, 5.74) is 1.34. The number of nitrogens with one attached hydrogen (secondary N) is 2. The fourth-order valence-electron chi connectivity index (χ4n) is 2.67. The minimum Gasteiger partial charge on any atom is -0.438 e. The Morgan fingerprint density at radius 2 is 1.97 bits per heavy atom. The number of hydrogen-bond donors (Lipinski definition) is 2. The van der Waals surface area contributed by atoms with Crippen LogP contribution < -0.4 is 15.4 Å². The van der Waals surface area contributed by atoms with Gasteiger partial charge in [-0.2, -0.15) is 13.2 Å². The van der Waals surface area contributed by atoms with Crippen LogP contribution in [0.2, 0.25) is 0 Å². The van der Waals surface area contributed by atoms with Crippen molar-refractivity contribution in [3.05, 3.63) is 54.0 Å². The summed E-state index contributed by atoms with van der Waals surface area (Å²) in [7, 11) is 0. The SMILES string of the molecule is FC(F)(F)C1CN=C(Nc2nc(-c3cccnc3Oc3ccccc3)cs2)NC1. The summed E-state index contributed by atoms with van der Waals surface area (Å²) in [4.78, 5) is 12.7. The van der Waals surface area contributed by atoms with Crippen molar-refractivity contribution in [1.29, 1.82) is 0 Å². The summed E-state index contributed by atoms with van der Waals surface area (Å²) in [6.45, 7) is -0.528. The monoisotopic (exact) mass is 419 g/mol. The number of aromatic nitrogens is 2. The maximum atomic E-state index is 12.7. The van der Waals surface area contributed by atoms with E-state index in [1.54, 1.807) is 12.3 Å². The zero-order valence-electron chi connectivity index (χ0n) is 15.0. The number of anilines is 1. The molecule has 1 unspecified atom stereocenters. The number of aliphatic imine (C=N–C) groups is 1. The Balaban J connectivity index is 1.48. The number of rotatable bonds is 4. The van der Waals surface area contributed by atoms with Crippen LogP contribution in [0.4, 0.5) is 18.3 Å². The Bertz CT molecular complexity index is 1010. The third-order valence-corrected chi connectivity index (χ3v) is 4.94. The van der Waals surface area contributed by atoms with Gasteiger partial charge in [-0.15, -0.1) is 11.3 Å². The van der Waals surface area contributed by atoms with Crippen LogP contribution in [0.25, 0.3) is 11.3 Å². The first-order valence-electron chi connectivity index (χ1n) is 8.75. The van der Waals surface area contributed by atoms with Gasteiger partial charge < -0.3 is 15.4 Å². The van der Waals surface area contributed by atoms with Gasteiger partial charge in [-0.05, 0) is 24.3 Å². The molecule has 3 aromatic rings. The van der Waals surface area contributed by atoms with Gasteiger partial charge in [-0.1, -0.05) is 18.2 Å². The molecule has 0 amide bonds. The van der Waals surface area contributed by atoms with Crippen molar-refractivity contribution in [3.8, 4) is 22.9 Å². The van der Waals surface area contributed by atoms with Gasteiger partial charge in [0.1, 0.15) is 5.75 Å². The first-order chi connectivity index (χ1) is 14.0. The second-order valence-electron chi connectivity index (χ2n) is 6.24. The number of alkyl halides is 3. The fraction of sp³-hybridized carbons (Fsp3) is 0.211. The Kier molecular flexibility index (Phi) is 5.34. The molecule has 1 aliphatic heterocycles. The highest BCUT2D eigenvalue weighted by Crippen LogP contribution is 2.33. The standard InChI is InChI=1S/C19H16F3N5OS/c20-19(21,22)12-9-24-17(25-10-12)27-18-26-15(11-29-18)14-7-4-8-23-16(14)28-13-5-2-1-3-6-13/h1-8,11-12H,9-10H2,(H2,24,25,26,27). The second kappa shape index (κ2) is 8.08. The molecule has 1 aliphatic rings. The lowest BCUT2D eigenvalue weighted by atomic mass is 10.1. The van der Waals surface area contributed by atoms with Gasteiger partial charge >= 0.3 is 6.18 Å². The quantitative estimate of drug-likeness (QED) is 0.649. The number of nitrogens with zero attached hydrogens (tertiary/aromatic N) is 3. The Morgan fingerprint density at radius 3 is 2.69 bits per heavy atom. The van der Waals surface area contributed by atoms with Gasteiger partial charge in [0.15, 0.2) is 11.1 Å². The minimum absolute atomic E-state index is 0.217. The maximum Gasteiger partial charge on any atom is 0.395 e. The molecule has 3 heterocycles. The molecule has 0 radical (unpaired) electrons. The molecule has 29 heavy (non-hydrogen) atoms. The molecule has 10 heteroatoms. The van der Waals surface area contributed by atoms with Gasteiger partial charge in [0.25, 0.3) is 0 Å². The van der Waals surface area contributed by atoms with Crippen molar-refractivity contribution in [2.75, 3.05) is 18.4 Å². The largest absolute Gasteiger partial charge is 0.438 e. The number of ether oxygens (including phenoxy) is 1. The van der Waals surface area contributed by atoms with E-state index in [0.717, 1.165) is 0 Å². The van der Waals surface area contributed by atoms with Crippen LogP contribution >= 0.6 is 11.3 Å². The maximum absolute atomic E-state index is 12.7. The summed E-state index contributed by atoms with van der Waals surface area (Å²) in [5, 5.41) is 7.92. The molecular weight excluding hydrogens is 403 g/mol. The molecule has 0 saturated heterocycles. The van der Waals surface area contributed by atoms with Crippen molar-refractivity contribution in [2.24, 2.45) is 10.9 Å². The molecule has 4 rings (SSSR count). The number of benzene rings is 1. The Labute approximate surface area is 168 Å². The zero-order chi connectivity index (χ0) is 20.3. The van der Waals surface area contributed by atoms with E-state index in [0.29, 0.717) is 28.0 Å². The van der Waals surface area contributed by atoms with Gasteiger partial charge in [0.2, 0.25) is 5.88 Å². The van der Waals surface area contributed by atoms with E-state index < -0.39 is 12.1 Å². The second-order valence-corrected chi connectivity index (χ2v) is 7.10. The normalized spacial score (nSPS) is 16.7. The molecule has 1 aromatic carbocycles. The van der Waals surface area contributed by atoms with Crippen LogP contribution in [-0.2, 0) is 0 Å². The number of pyridine rings is 1. The summed E-state index contributed by atoms with van der Waals surface area (Å²) in [5.74, 6) is -0.135. The van der Waals surface area contributed by atoms with Crippen LogP contribution in [0.3, 0.4) is 0 Å². The lowest BCUT2D eigenvalue weighted by Gasteiger charge is -2.24. The molecule has 0 fully saturated rings. The van der Waals surface area contributed by atoms with Crippen molar-refractivity contribution >= 4 is 22.4 Å². The van der Waals surface area contributed by atoms with E-state index in [1.807, 2.05) is 41.8 Å². The molecule has 150 valence electrons. The van der Waals surface area contributed by atoms with Crippen LogP contribution in [0.1, 0.15) is 0 Å². The molecule has 1 atom stereocenters. The van der Waals surface area contributed by atoms with Crippen LogP contribution in [0, 0.1) is 5.92 Å². The highest BCUT2D eigenvalue weighted by molar-refractivity contribution is 7.14. The topological polar surface area (TPSA) is 71.4 Å². The lowest BCUT2D eigenvalue weighted by Crippen LogP contribution is -2.45. The van der Waals surface area contributed by atoms with Crippen LogP contribution in [0.5, 0.6) is 11.6 Å². The predicted molar refractivity (Wildman–Crippen MR) is 105 cm³/mol. The van der Waals surface area contributed by atoms with E-state index in [9.17, 15) is 13.2 Å². The van der Waals surface area contributed by atoms with Gasteiger partial charge in [0, 0.05) is 18.1 Å². The molecule has 2 aromatic heterocycles. The Morgan fingerprint density at radius 1 is 1.14 bits per heavy atom. The molecule has 0 saturated carbocycles. The van der Waals surface area contributed by atoms with E-state index in [1.165, 1.54) is 11.3 Å². The van der Waals surface area contributed by atoms with E-state index >= 15 is 0 Å². The summed E-state index contributed by atoms with van der Waals surface area (Å²) >= 11 is 1.31. The first-order valence-corrected chi connectivity index (χ1v) is 9.63. The summed E-state index contributed by atoms with van der Waals surface area (Å²) in [6, 6.07) is 12.9. The molecule has 2 N–H and O–H groups in total. The van der Waals surface area contributed by atoms with E-state index in [2.05, 4.69) is 25.6 Å². The van der Waals surface area contributed by atoms with E-state index in [-0.39, 0.29) is 19.0 Å². The summed E-state index contributed by atoms with van der Waals surface area (Å²) in [6.07, 6.45) is -2.63. The van der Waals surface area contributed by atoms with Crippen molar-refractivity contribution < 1.29 is 17.9 Å². The van der Waals surface area contributed by atoms with Crippen molar-refractivity contribution in [1.82, 2.24) is 15.3 Å². The number of hydrogen-bond acceptors (Lipinski definition) is 7. The third-order valence-electron chi connectivity index (χ3n) is 4.18. The number of guanidine groups is 1. The molecular formula is C19H16F3N5OS. The van der Waals surface area contributed by atoms with Gasteiger partial charge in [-0.25, -0.2) is 9.97 Å². The molecule has 0 aliphatic carbocycles. The smallest absolute Gasteiger partial charge is 0.395 e. The number of thiazole rings is 1. The Hall–Kier alpha value is -3.14. The highest BCUT2D eigenvalue weighted by atomic mass is 32.1. The average molecular weight is 419 g/mol. The zero-order valence-corrected chi connectivity index (χ0v) is 15.8. The molecule has 0 bridgehead atoms. The van der Waals surface area contributed by atoms with Gasteiger partial charge in [-0.3, -0.25) is 4.99 Å². The van der Waals surface area contributed by atoms with Crippen molar-refractivity contribution in [3.63, 3.8) is 0 Å². The average Bonchev–Trinajstić information content (AvgIpc) is 3.17. The summed E-state index contributed by atoms with van der Waals surface area (Å²) < 4.78 is 44.0. The fourth-order valence-corrected chi connectivity index (χ4v) is 3.38. The molecule has 0 spiro atoms. The lowest BCUT2D eigenvalue weighted by molar-refractivity contribution is -0.170. The van der Waals surface area contributed by atoms with Crippen molar-refractivity contribution in [2.45, 2.75) is 6.18 Å². The highest BCUT2D eigenvalue weighted by Gasteiger charge is 2.40. The first kappa shape index (κ1) is 19.2. The third kappa shape index (κ3) is 4.65. The predicted octanol–water partition coefficient (Wildman–Crippen LogP) is 4.55. The van der Waals surface area contributed by atoms with E-state index in [4.69, 9.17) is 4.74 Å².